The average Bonchev–Trinajstić information content (AvgIpc) is 3.12. The summed E-state index contributed by atoms with van der Waals surface area (Å²) in [6.45, 7) is 6.32. The van der Waals surface area contributed by atoms with Gasteiger partial charge < -0.3 is 10.1 Å². The van der Waals surface area contributed by atoms with E-state index in [0.717, 1.165) is 17.9 Å². The van der Waals surface area contributed by atoms with Crippen molar-refractivity contribution in [1.29, 1.82) is 0 Å². The van der Waals surface area contributed by atoms with Crippen LogP contribution in [0.1, 0.15) is 34.3 Å². The lowest BCUT2D eigenvalue weighted by Crippen LogP contribution is -2.28. The topological polar surface area (TPSA) is 41.6 Å². The molecule has 4 nitrogen and oxygen atoms in total. The van der Waals surface area contributed by atoms with Crippen LogP contribution in [0.3, 0.4) is 0 Å². The van der Waals surface area contributed by atoms with Gasteiger partial charge in [0.1, 0.15) is 12.4 Å². The van der Waals surface area contributed by atoms with Crippen molar-refractivity contribution in [3.05, 3.63) is 65.2 Å². The maximum atomic E-state index is 12.2. The van der Waals surface area contributed by atoms with Gasteiger partial charge in [-0.15, -0.1) is 0 Å². The van der Waals surface area contributed by atoms with Gasteiger partial charge in [-0.25, -0.2) is 0 Å². The van der Waals surface area contributed by atoms with Crippen LogP contribution in [-0.2, 0) is 6.54 Å². The Balaban J connectivity index is 1.41. The van der Waals surface area contributed by atoms with Crippen molar-refractivity contribution in [3.63, 3.8) is 0 Å². The van der Waals surface area contributed by atoms with Crippen molar-refractivity contribution >= 4 is 5.91 Å². The Labute approximate surface area is 149 Å². The summed E-state index contributed by atoms with van der Waals surface area (Å²) in [5.41, 5.74) is 3.12. The van der Waals surface area contributed by atoms with Crippen LogP contribution >= 0.6 is 0 Å². The van der Waals surface area contributed by atoms with Crippen LogP contribution in [-0.4, -0.2) is 37.0 Å². The molecule has 4 heteroatoms. The van der Waals surface area contributed by atoms with E-state index in [-0.39, 0.29) is 5.91 Å². The zero-order valence-corrected chi connectivity index (χ0v) is 14.8. The van der Waals surface area contributed by atoms with E-state index in [1.807, 2.05) is 43.3 Å². The van der Waals surface area contributed by atoms with E-state index in [1.54, 1.807) is 0 Å². The summed E-state index contributed by atoms with van der Waals surface area (Å²) < 4.78 is 5.65. The number of rotatable bonds is 7. The lowest BCUT2D eigenvalue weighted by molar-refractivity contribution is 0.0947. The minimum atomic E-state index is -0.0550. The number of hydrogen-bond donors (Lipinski definition) is 1. The van der Waals surface area contributed by atoms with Gasteiger partial charge in [-0.1, -0.05) is 24.3 Å². The highest BCUT2D eigenvalue weighted by Gasteiger charge is 2.12. The molecule has 1 aliphatic heterocycles. The van der Waals surface area contributed by atoms with Crippen LogP contribution < -0.4 is 10.1 Å². The first kappa shape index (κ1) is 17.5. The predicted molar refractivity (Wildman–Crippen MR) is 100.0 cm³/mol. The molecule has 132 valence electrons. The molecule has 2 aromatic rings. The Morgan fingerprint density at radius 3 is 2.60 bits per heavy atom. The molecule has 0 aliphatic carbocycles. The Bertz CT molecular complexity index is 691. The number of benzene rings is 2. The highest BCUT2D eigenvalue weighted by molar-refractivity contribution is 5.94. The molecule has 0 bridgehead atoms. The van der Waals surface area contributed by atoms with Crippen molar-refractivity contribution in [2.24, 2.45) is 0 Å². The van der Waals surface area contributed by atoms with E-state index >= 15 is 0 Å². The molecule has 0 saturated carbocycles. The van der Waals surface area contributed by atoms with E-state index in [0.29, 0.717) is 18.7 Å². The van der Waals surface area contributed by atoms with Gasteiger partial charge in [-0.2, -0.15) is 0 Å². The van der Waals surface area contributed by atoms with Gasteiger partial charge in [-0.05, 0) is 68.2 Å². The molecule has 0 spiro atoms. The van der Waals surface area contributed by atoms with Crippen LogP contribution in [0.2, 0.25) is 0 Å². The van der Waals surface area contributed by atoms with Crippen molar-refractivity contribution in [2.75, 3.05) is 26.2 Å². The van der Waals surface area contributed by atoms with E-state index in [9.17, 15) is 4.79 Å². The van der Waals surface area contributed by atoms with Crippen molar-refractivity contribution < 1.29 is 9.53 Å². The van der Waals surface area contributed by atoms with Gasteiger partial charge in [0.25, 0.3) is 5.91 Å². The van der Waals surface area contributed by atoms with Crippen LogP contribution in [0, 0.1) is 6.92 Å². The SMILES string of the molecule is Cc1cccc(OCCNC(=O)c2ccc(CN3CCCC3)cc2)c1. The first-order chi connectivity index (χ1) is 12.2. The minimum absolute atomic E-state index is 0.0550. The summed E-state index contributed by atoms with van der Waals surface area (Å²) in [7, 11) is 0. The third-order valence-corrected chi connectivity index (χ3v) is 4.47. The lowest BCUT2D eigenvalue weighted by Gasteiger charge is -2.14. The van der Waals surface area contributed by atoms with Gasteiger partial charge >= 0.3 is 0 Å². The molecular formula is C21H26N2O2. The summed E-state index contributed by atoms with van der Waals surface area (Å²) in [5.74, 6) is 0.779. The van der Waals surface area contributed by atoms with Gasteiger partial charge in [0.05, 0.1) is 6.54 Å². The Kier molecular flexibility index (Phi) is 6.07. The molecule has 0 unspecified atom stereocenters. The minimum Gasteiger partial charge on any atom is -0.492 e. The zero-order chi connectivity index (χ0) is 17.5. The fourth-order valence-electron chi connectivity index (χ4n) is 3.10. The summed E-state index contributed by atoms with van der Waals surface area (Å²) >= 11 is 0. The number of ether oxygens (including phenoxy) is 1. The summed E-state index contributed by atoms with van der Waals surface area (Å²) in [6.07, 6.45) is 2.59. The molecule has 1 saturated heterocycles. The van der Waals surface area contributed by atoms with Crippen LogP contribution in [0.25, 0.3) is 0 Å². The average molecular weight is 338 g/mol. The number of nitrogens with one attached hydrogen (secondary N) is 1. The summed E-state index contributed by atoms with van der Waals surface area (Å²) in [6, 6.07) is 15.8. The molecule has 25 heavy (non-hydrogen) atoms. The second kappa shape index (κ2) is 8.67. The van der Waals surface area contributed by atoms with Gasteiger partial charge in [0.2, 0.25) is 0 Å². The molecule has 2 aromatic carbocycles. The first-order valence-electron chi connectivity index (χ1n) is 9.00. The Morgan fingerprint density at radius 1 is 1.12 bits per heavy atom. The monoisotopic (exact) mass is 338 g/mol. The standard InChI is InChI=1S/C21H26N2O2/c1-17-5-4-6-20(15-17)25-14-11-22-21(24)19-9-7-18(8-10-19)16-23-12-2-3-13-23/h4-10,15H,2-3,11-14,16H2,1H3,(H,22,24). The van der Waals surface area contributed by atoms with Gasteiger partial charge in [0.15, 0.2) is 0 Å². The molecule has 0 radical (unpaired) electrons. The number of hydrogen-bond acceptors (Lipinski definition) is 3. The van der Waals surface area contributed by atoms with Crippen LogP contribution in [0.4, 0.5) is 0 Å². The molecule has 1 fully saturated rings. The second-order valence-corrected chi connectivity index (χ2v) is 6.60. The van der Waals surface area contributed by atoms with Gasteiger partial charge in [-0.3, -0.25) is 9.69 Å². The third kappa shape index (κ3) is 5.33. The second-order valence-electron chi connectivity index (χ2n) is 6.60. The smallest absolute Gasteiger partial charge is 0.251 e. The van der Waals surface area contributed by atoms with Crippen molar-refractivity contribution in [3.8, 4) is 5.75 Å². The molecule has 1 N–H and O–H groups in total. The number of likely N-dealkylation sites (tertiary alicyclic amines) is 1. The molecule has 1 aliphatic rings. The highest BCUT2D eigenvalue weighted by Crippen LogP contribution is 2.14. The fourth-order valence-corrected chi connectivity index (χ4v) is 3.10. The van der Waals surface area contributed by atoms with Crippen LogP contribution in [0.5, 0.6) is 5.75 Å². The Hall–Kier alpha value is -2.33. The molecule has 3 rings (SSSR count). The van der Waals surface area contributed by atoms with E-state index in [1.165, 1.54) is 31.5 Å². The Morgan fingerprint density at radius 2 is 1.88 bits per heavy atom. The number of amides is 1. The van der Waals surface area contributed by atoms with Crippen LogP contribution in [0.15, 0.2) is 48.5 Å². The number of carbonyl (C=O) groups is 1. The van der Waals surface area contributed by atoms with Gasteiger partial charge in [0, 0.05) is 12.1 Å². The highest BCUT2D eigenvalue weighted by atomic mass is 16.5. The molecule has 0 aromatic heterocycles. The first-order valence-corrected chi connectivity index (χ1v) is 9.00. The van der Waals surface area contributed by atoms with Crippen molar-refractivity contribution in [2.45, 2.75) is 26.3 Å². The van der Waals surface area contributed by atoms with E-state index < -0.39 is 0 Å². The number of carbonyl (C=O) groups excluding carboxylic acids is 1. The normalized spacial score (nSPS) is 14.4. The molecular weight excluding hydrogens is 312 g/mol. The number of nitrogens with zero attached hydrogens (tertiary/aromatic N) is 1. The fraction of sp³-hybridized carbons (Fsp3) is 0.381. The molecule has 1 amide bonds. The summed E-state index contributed by atoms with van der Waals surface area (Å²) in [4.78, 5) is 14.6. The van der Waals surface area contributed by atoms with E-state index in [2.05, 4.69) is 22.3 Å². The third-order valence-electron chi connectivity index (χ3n) is 4.47. The summed E-state index contributed by atoms with van der Waals surface area (Å²) in [5, 5.41) is 2.90. The quantitative estimate of drug-likeness (QED) is 0.787. The maximum Gasteiger partial charge on any atom is 0.251 e. The van der Waals surface area contributed by atoms with E-state index in [4.69, 9.17) is 4.74 Å². The zero-order valence-electron chi connectivity index (χ0n) is 14.8. The maximum absolute atomic E-state index is 12.2. The lowest BCUT2D eigenvalue weighted by atomic mass is 10.1. The molecule has 1 heterocycles. The van der Waals surface area contributed by atoms with Crippen molar-refractivity contribution in [1.82, 2.24) is 10.2 Å². The number of aryl methyl sites for hydroxylation is 1. The predicted octanol–water partition coefficient (Wildman–Crippen LogP) is 3.40. The largest absolute Gasteiger partial charge is 0.492 e. The molecule has 0 atom stereocenters.